The highest BCUT2D eigenvalue weighted by Crippen LogP contribution is 2.29. The molecule has 0 radical (unpaired) electrons. The van der Waals surface area contributed by atoms with E-state index < -0.39 is 6.61 Å². The van der Waals surface area contributed by atoms with E-state index in [0.29, 0.717) is 18.3 Å². The number of hydrogen-bond donors (Lipinski definition) is 1. The molecule has 0 spiro atoms. The molecular formula is C15H19ClF2N2O2. The van der Waals surface area contributed by atoms with Crippen LogP contribution in [0.25, 0.3) is 0 Å². The fourth-order valence-electron chi connectivity index (χ4n) is 2.55. The van der Waals surface area contributed by atoms with E-state index in [1.807, 2.05) is 0 Å². The predicted molar refractivity (Wildman–Crippen MR) is 81.6 cm³/mol. The first kappa shape index (κ1) is 17.0. The summed E-state index contributed by atoms with van der Waals surface area (Å²) in [5.41, 5.74) is 0.460. The second-order valence-electron chi connectivity index (χ2n) is 5.39. The second-order valence-corrected chi connectivity index (χ2v) is 5.79. The minimum Gasteiger partial charge on any atom is -0.433 e. The fraction of sp³-hybridized carbons (Fsp3) is 0.533. The number of rotatable bonds is 5. The highest BCUT2D eigenvalue weighted by atomic mass is 35.5. The maximum Gasteiger partial charge on any atom is 0.387 e. The minimum atomic E-state index is -2.93. The molecule has 7 heteroatoms. The molecule has 0 saturated carbocycles. The quantitative estimate of drug-likeness (QED) is 0.892. The van der Waals surface area contributed by atoms with Gasteiger partial charge >= 0.3 is 6.61 Å². The van der Waals surface area contributed by atoms with Crippen LogP contribution in [0.2, 0.25) is 5.02 Å². The van der Waals surface area contributed by atoms with Gasteiger partial charge < -0.3 is 10.1 Å². The zero-order valence-corrected chi connectivity index (χ0v) is 13.1. The summed E-state index contributed by atoms with van der Waals surface area (Å²) >= 11 is 5.85. The molecule has 122 valence electrons. The highest BCUT2D eigenvalue weighted by molar-refractivity contribution is 6.32. The maximum absolute atomic E-state index is 12.2. The van der Waals surface area contributed by atoms with E-state index in [1.54, 1.807) is 0 Å². The first-order chi connectivity index (χ1) is 10.5. The largest absolute Gasteiger partial charge is 0.433 e. The molecule has 0 bridgehead atoms. The summed E-state index contributed by atoms with van der Waals surface area (Å²) in [4.78, 5) is 14.2. The molecule has 4 nitrogen and oxygen atoms in total. The summed E-state index contributed by atoms with van der Waals surface area (Å²) in [6, 6.07) is 4.59. The lowest BCUT2D eigenvalue weighted by Crippen LogP contribution is -2.42. The van der Waals surface area contributed by atoms with E-state index in [4.69, 9.17) is 11.6 Å². The van der Waals surface area contributed by atoms with Crippen LogP contribution in [0.3, 0.4) is 0 Å². The highest BCUT2D eigenvalue weighted by Gasteiger charge is 2.20. The number of alkyl halides is 2. The monoisotopic (exact) mass is 332 g/mol. The standard InChI is InChI=1S/C15H19ClF2N2O2/c1-10-4-2-3-7-20(10)9-14(21)19-11-5-6-13(12(16)8-11)22-15(17)18/h5-6,8,10,15H,2-4,7,9H2,1H3,(H,19,21). The molecule has 1 unspecified atom stereocenters. The van der Waals surface area contributed by atoms with Gasteiger partial charge in [-0.05, 0) is 44.5 Å². The molecule has 1 fully saturated rings. The summed E-state index contributed by atoms with van der Waals surface area (Å²) < 4.78 is 28.6. The van der Waals surface area contributed by atoms with Crippen LogP contribution in [0.5, 0.6) is 5.75 Å². The molecule has 1 saturated heterocycles. The zero-order valence-electron chi connectivity index (χ0n) is 12.3. The number of amides is 1. The van der Waals surface area contributed by atoms with E-state index in [0.717, 1.165) is 19.4 Å². The Kier molecular flexibility index (Phi) is 5.97. The average molecular weight is 333 g/mol. The van der Waals surface area contributed by atoms with Crippen molar-refractivity contribution in [3.63, 3.8) is 0 Å². The van der Waals surface area contributed by atoms with E-state index in [-0.39, 0.29) is 16.7 Å². The lowest BCUT2D eigenvalue weighted by atomic mass is 10.0. The van der Waals surface area contributed by atoms with E-state index in [1.165, 1.54) is 24.6 Å². The predicted octanol–water partition coefficient (Wildman–Crippen LogP) is 3.75. The van der Waals surface area contributed by atoms with Crippen LogP contribution in [0.1, 0.15) is 26.2 Å². The summed E-state index contributed by atoms with van der Waals surface area (Å²) in [7, 11) is 0. The molecule has 22 heavy (non-hydrogen) atoms. The van der Waals surface area contributed by atoms with Gasteiger partial charge in [0.15, 0.2) is 0 Å². The first-order valence-corrected chi connectivity index (χ1v) is 7.62. The fourth-order valence-corrected chi connectivity index (χ4v) is 2.77. The Balaban J connectivity index is 1.92. The number of halogens is 3. The van der Waals surface area contributed by atoms with E-state index in [2.05, 4.69) is 21.9 Å². The molecule has 1 amide bonds. The van der Waals surface area contributed by atoms with Gasteiger partial charge in [-0.25, -0.2) is 0 Å². The third kappa shape index (κ3) is 4.81. The molecule has 1 aliphatic heterocycles. The zero-order chi connectivity index (χ0) is 16.1. The van der Waals surface area contributed by atoms with Gasteiger partial charge in [0.1, 0.15) is 5.75 Å². The molecule has 1 atom stereocenters. The first-order valence-electron chi connectivity index (χ1n) is 7.24. The van der Waals surface area contributed by atoms with Crippen molar-refractivity contribution in [2.75, 3.05) is 18.4 Å². The normalized spacial score (nSPS) is 19.2. The Morgan fingerprint density at radius 2 is 2.27 bits per heavy atom. The number of hydrogen-bond acceptors (Lipinski definition) is 3. The summed E-state index contributed by atoms with van der Waals surface area (Å²) in [6.45, 7) is 0.406. The Labute approximate surface area is 133 Å². The van der Waals surface area contributed by atoms with Gasteiger partial charge in [0.05, 0.1) is 11.6 Å². The lowest BCUT2D eigenvalue weighted by molar-refractivity contribution is -0.118. The average Bonchev–Trinajstić information content (AvgIpc) is 2.44. The maximum atomic E-state index is 12.2. The van der Waals surface area contributed by atoms with Crippen molar-refractivity contribution in [2.45, 2.75) is 38.8 Å². The summed E-state index contributed by atoms with van der Waals surface area (Å²) in [5.74, 6) is -0.258. The molecular weight excluding hydrogens is 314 g/mol. The molecule has 1 aromatic carbocycles. The van der Waals surface area contributed by atoms with Crippen LogP contribution < -0.4 is 10.1 Å². The molecule has 1 heterocycles. The van der Waals surface area contributed by atoms with Gasteiger partial charge in [-0.2, -0.15) is 8.78 Å². The van der Waals surface area contributed by atoms with Crippen LogP contribution in [0.15, 0.2) is 18.2 Å². The van der Waals surface area contributed by atoms with Gasteiger partial charge in [0, 0.05) is 11.7 Å². The van der Waals surface area contributed by atoms with Crippen molar-refractivity contribution in [3.05, 3.63) is 23.2 Å². The number of likely N-dealkylation sites (tertiary alicyclic amines) is 1. The number of carbonyl (C=O) groups excluding carboxylic acids is 1. The van der Waals surface area contributed by atoms with Crippen molar-refractivity contribution < 1.29 is 18.3 Å². The SMILES string of the molecule is CC1CCCCN1CC(=O)Nc1ccc(OC(F)F)c(Cl)c1. The van der Waals surface area contributed by atoms with Gasteiger partial charge in [-0.1, -0.05) is 18.0 Å². The third-order valence-electron chi connectivity index (χ3n) is 3.72. The van der Waals surface area contributed by atoms with Gasteiger partial charge in [-0.15, -0.1) is 0 Å². The number of benzene rings is 1. The summed E-state index contributed by atoms with van der Waals surface area (Å²) in [5, 5.41) is 2.75. The molecule has 1 aromatic rings. The Bertz CT molecular complexity index is 528. The van der Waals surface area contributed by atoms with Crippen LogP contribution in [0.4, 0.5) is 14.5 Å². The van der Waals surface area contributed by atoms with Crippen LogP contribution in [0, 0.1) is 0 Å². The summed E-state index contributed by atoms with van der Waals surface area (Å²) in [6.07, 6.45) is 3.39. The number of nitrogens with one attached hydrogen (secondary N) is 1. The third-order valence-corrected chi connectivity index (χ3v) is 4.01. The Morgan fingerprint density at radius 3 is 2.91 bits per heavy atom. The van der Waals surface area contributed by atoms with Crippen molar-refractivity contribution in [3.8, 4) is 5.75 Å². The number of piperidine rings is 1. The van der Waals surface area contributed by atoms with Crippen molar-refractivity contribution in [1.29, 1.82) is 0 Å². The molecule has 0 aromatic heterocycles. The Morgan fingerprint density at radius 1 is 1.50 bits per heavy atom. The topological polar surface area (TPSA) is 41.6 Å². The Hall–Kier alpha value is -1.40. The molecule has 1 aliphatic rings. The smallest absolute Gasteiger partial charge is 0.387 e. The minimum absolute atomic E-state index is 0.0319. The molecule has 2 rings (SSSR count). The lowest BCUT2D eigenvalue weighted by Gasteiger charge is -2.32. The molecule has 0 aliphatic carbocycles. The van der Waals surface area contributed by atoms with Crippen molar-refractivity contribution >= 4 is 23.2 Å². The number of nitrogens with zero attached hydrogens (tertiary/aromatic N) is 1. The van der Waals surface area contributed by atoms with Crippen LogP contribution in [-0.2, 0) is 4.79 Å². The van der Waals surface area contributed by atoms with E-state index in [9.17, 15) is 13.6 Å². The van der Waals surface area contributed by atoms with Gasteiger partial charge in [0.25, 0.3) is 0 Å². The van der Waals surface area contributed by atoms with E-state index >= 15 is 0 Å². The van der Waals surface area contributed by atoms with Crippen LogP contribution >= 0.6 is 11.6 Å². The van der Waals surface area contributed by atoms with Gasteiger partial charge in [0.2, 0.25) is 5.91 Å². The molecule has 1 N–H and O–H groups in total. The number of carbonyl (C=O) groups is 1. The van der Waals surface area contributed by atoms with Crippen LogP contribution in [-0.4, -0.2) is 36.5 Å². The number of anilines is 1. The van der Waals surface area contributed by atoms with Gasteiger partial charge in [-0.3, -0.25) is 9.69 Å². The number of ether oxygens (including phenoxy) is 1. The second kappa shape index (κ2) is 7.74. The van der Waals surface area contributed by atoms with Crippen molar-refractivity contribution in [1.82, 2.24) is 4.90 Å². The van der Waals surface area contributed by atoms with Crippen molar-refractivity contribution in [2.24, 2.45) is 0 Å².